The number of nitrogens with zero attached hydrogens (tertiary/aromatic N) is 1. The summed E-state index contributed by atoms with van der Waals surface area (Å²) >= 11 is 0. The maximum atomic E-state index is 12.1. The SMILES string of the molecule is CNCC(C)C(=O)NC1CCCN(c2ccccc2)C1.Cl.Cl. The first-order valence-corrected chi connectivity index (χ1v) is 7.45. The van der Waals surface area contributed by atoms with E-state index in [1.807, 2.05) is 20.0 Å². The second-order valence-corrected chi connectivity index (χ2v) is 5.59. The summed E-state index contributed by atoms with van der Waals surface area (Å²) in [5, 5.41) is 6.23. The summed E-state index contributed by atoms with van der Waals surface area (Å²) in [7, 11) is 1.88. The van der Waals surface area contributed by atoms with Gasteiger partial charge in [0.2, 0.25) is 5.91 Å². The largest absolute Gasteiger partial charge is 0.369 e. The van der Waals surface area contributed by atoms with Gasteiger partial charge >= 0.3 is 0 Å². The van der Waals surface area contributed by atoms with E-state index in [9.17, 15) is 4.79 Å². The maximum Gasteiger partial charge on any atom is 0.224 e. The second-order valence-electron chi connectivity index (χ2n) is 5.59. The van der Waals surface area contributed by atoms with E-state index in [-0.39, 0.29) is 42.7 Å². The molecule has 0 saturated carbocycles. The fourth-order valence-electron chi connectivity index (χ4n) is 2.71. The van der Waals surface area contributed by atoms with Crippen LogP contribution in [0, 0.1) is 5.92 Å². The van der Waals surface area contributed by atoms with E-state index < -0.39 is 0 Å². The summed E-state index contributed by atoms with van der Waals surface area (Å²) in [5.41, 5.74) is 1.25. The summed E-state index contributed by atoms with van der Waals surface area (Å²) in [6.07, 6.45) is 2.20. The summed E-state index contributed by atoms with van der Waals surface area (Å²) < 4.78 is 0. The highest BCUT2D eigenvalue weighted by Crippen LogP contribution is 2.19. The number of rotatable bonds is 5. The highest BCUT2D eigenvalue weighted by atomic mass is 35.5. The fraction of sp³-hybridized carbons (Fsp3) is 0.562. The minimum absolute atomic E-state index is 0. The molecule has 1 aliphatic rings. The standard InChI is InChI=1S/C16H25N3O.2ClH/c1-13(11-17-2)16(20)18-14-7-6-10-19(12-14)15-8-4-3-5-9-15;;/h3-5,8-9,13-14,17H,6-7,10-12H2,1-2H3,(H,18,20);2*1H. The Hall–Kier alpha value is -0.970. The van der Waals surface area contributed by atoms with E-state index in [0.717, 1.165) is 32.5 Å². The van der Waals surface area contributed by atoms with Crippen LogP contribution in [0.1, 0.15) is 19.8 Å². The molecule has 0 radical (unpaired) electrons. The number of carbonyl (C=O) groups is 1. The fourth-order valence-corrected chi connectivity index (χ4v) is 2.71. The molecular weight excluding hydrogens is 321 g/mol. The Kier molecular flexibility index (Phi) is 10.2. The van der Waals surface area contributed by atoms with Crippen molar-refractivity contribution in [3.8, 4) is 0 Å². The van der Waals surface area contributed by atoms with Crippen LogP contribution in [0.15, 0.2) is 30.3 Å². The molecule has 2 N–H and O–H groups in total. The van der Waals surface area contributed by atoms with Gasteiger partial charge in [-0.25, -0.2) is 0 Å². The first-order valence-electron chi connectivity index (χ1n) is 7.45. The number of hydrogen-bond donors (Lipinski definition) is 2. The quantitative estimate of drug-likeness (QED) is 0.859. The number of nitrogens with one attached hydrogen (secondary N) is 2. The van der Waals surface area contributed by atoms with E-state index in [2.05, 4.69) is 39.8 Å². The van der Waals surface area contributed by atoms with E-state index in [4.69, 9.17) is 0 Å². The van der Waals surface area contributed by atoms with Crippen molar-refractivity contribution >= 4 is 36.4 Å². The molecule has 0 bridgehead atoms. The Morgan fingerprint density at radius 2 is 2.00 bits per heavy atom. The van der Waals surface area contributed by atoms with Crippen LogP contribution in [0.3, 0.4) is 0 Å². The Balaban J connectivity index is 0.00000220. The lowest BCUT2D eigenvalue weighted by atomic mass is 10.0. The lowest BCUT2D eigenvalue weighted by Crippen LogP contribution is -2.49. The lowest BCUT2D eigenvalue weighted by Gasteiger charge is -2.35. The molecule has 1 aromatic rings. The second kappa shape index (κ2) is 10.7. The molecule has 2 rings (SSSR count). The first-order chi connectivity index (χ1) is 9.70. The summed E-state index contributed by atoms with van der Waals surface area (Å²) in [5.74, 6) is 0.173. The average Bonchev–Trinajstić information content (AvgIpc) is 2.48. The highest BCUT2D eigenvalue weighted by molar-refractivity contribution is 5.85. The van der Waals surface area contributed by atoms with Crippen LogP contribution in [-0.2, 0) is 4.79 Å². The molecule has 1 aromatic carbocycles. The maximum absolute atomic E-state index is 12.1. The number of amides is 1. The molecule has 0 aliphatic carbocycles. The number of halogens is 2. The molecule has 1 fully saturated rings. The minimum Gasteiger partial charge on any atom is -0.369 e. The van der Waals surface area contributed by atoms with Crippen LogP contribution >= 0.6 is 24.8 Å². The topological polar surface area (TPSA) is 44.4 Å². The molecule has 1 amide bonds. The van der Waals surface area contributed by atoms with Crippen molar-refractivity contribution in [3.05, 3.63) is 30.3 Å². The number of benzene rings is 1. The predicted octanol–water partition coefficient (Wildman–Crippen LogP) is 2.47. The molecule has 126 valence electrons. The molecule has 2 atom stereocenters. The third-order valence-electron chi connectivity index (χ3n) is 3.85. The van der Waals surface area contributed by atoms with E-state index in [0.29, 0.717) is 0 Å². The zero-order valence-electron chi connectivity index (χ0n) is 13.2. The Morgan fingerprint density at radius 3 is 2.64 bits per heavy atom. The molecule has 22 heavy (non-hydrogen) atoms. The first kappa shape index (κ1) is 21.0. The van der Waals surface area contributed by atoms with Crippen LogP contribution in [0.2, 0.25) is 0 Å². The van der Waals surface area contributed by atoms with Gasteiger partial charge in [0.25, 0.3) is 0 Å². The number of anilines is 1. The van der Waals surface area contributed by atoms with Crippen molar-refractivity contribution in [1.29, 1.82) is 0 Å². The van der Waals surface area contributed by atoms with Crippen LogP contribution in [-0.4, -0.2) is 38.6 Å². The summed E-state index contributed by atoms with van der Waals surface area (Å²) in [6, 6.07) is 10.7. The third kappa shape index (κ3) is 6.03. The van der Waals surface area contributed by atoms with Crippen LogP contribution in [0.4, 0.5) is 5.69 Å². The monoisotopic (exact) mass is 347 g/mol. The lowest BCUT2D eigenvalue weighted by molar-refractivity contribution is -0.125. The molecule has 1 heterocycles. The Labute approximate surface area is 145 Å². The van der Waals surface area contributed by atoms with Gasteiger partial charge in [0.1, 0.15) is 0 Å². The normalized spacial score (nSPS) is 18.6. The van der Waals surface area contributed by atoms with Gasteiger partial charge in [-0.3, -0.25) is 4.79 Å². The average molecular weight is 348 g/mol. The molecule has 0 spiro atoms. The van der Waals surface area contributed by atoms with Crippen LogP contribution < -0.4 is 15.5 Å². The smallest absolute Gasteiger partial charge is 0.224 e. The van der Waals surface area contributed by atoms with Gasteiger partial charge in [-0.15, -0.1) is 24.8 Å². The van der Waals surface area contributed by atoms with Crippen LogP contribution in [0.25, 0.3) is 0 Å². The number of para-hydroxylation sites is 1. The van der Waals surface area contributed by atoms with Gasteiger partial charge < -0.3 is 15.5 Å². The minimum atomic E-state index is 0. The molecule has 0 aromatic heterocycles. The molecule has 1 aliphatic heterocycles. The number of hydrogen-bond acceptors (Lipinski definition) is 3. The molecule has 6 heteroatoms. The molecule has 4 nitrogen and oxygen atoms in total. The summed E-state index contributed by atoms with van der Waals surface area (Å²) in [4.78, 5) is 14.4. The van der Waals surface area contributed by atoms with E-state index in [1.165, 1.54) is 5.69 Å². The number of piperidine rings is 1. The number of carbonyl (C=O) groups excluding carboxylic acids is 1. The Bertz CT molecular complexity index is 431. The predicted molar refractivity (Wildman–Crippen MR) is 97.4 cm³/mol. The highest BCUT2D eigenvalue weighted by Gasteiger charge is 2.23. The van der Waals surface area contributed by atoms with Gasteiger partial charge in [-0.2, -0.15) is 0 Å². The van der Waals surface area contributed by atoms with Gasteiger partial charge in [0, 0.05) is 37.3 Å². The molecule has 1 saturated heterocycles. The summed E-state index contributed by atoms with van der Waals surface area (Å²) in [6.45, 7) is 4.66. The third-order valence-corrected chi connectivity index (χ3v) is 3.85. The Morgan fingerprint density at radius 1 is 1.32 bits per heavy atom. The van der Waals surface area contributed by atoms with Gasteiger partial charge in [0.05, 0.1) is 0 Å². The van der Waals surface area contributed by atoms with Gasteiger partial charge in [-0.1, -0.05) is 25.1 Å². The van der Waals surface area contributed by atoms with Crippen molar-refractivity contribution < 1.29 is 4.79 Å². The van der Waals surface area contributed by atoms with Crippen LogP contribution in [0.5, 0.6) is 0 Å². The van der Waals surface area contributed by atoms with Gasteiger partial charge in [0.15, 0.2) is 0 Å². The van der Waals surface area contributed by atoms with Gasteiger partial charge in [-0.05, 0) is 32.0 Å². The van der Waals surface area contributed by atoms with E-state index >= 15 is 0 Å². The van der Waals surface area contributed by atoms with Crippen molar-refractivity contribution in [1.82, 2.24) is 10.6 Å². The van der Waals surface area contributed by atoms with Crippen molar-refractivity contribution in [3.63, 3.8) is 0 Å². The van der Waals surface area contributed by atoms with Crippen molar-refractivity contribution in [2.75, 3.05) is 31.6 Å². The molecular formula is C16H27Cl2N3O. The van der Waals surface area contributed by atoms with Crippen molar-refractivity contribution in [2.24, 2.45) is 5.92 Å². The zero-order chi connectivity index (χ0) is 14.4. The molecule has 2 unspecified atom stereocenters. The van der Waals surface area contributed by atoms with Crippen molar-refractivity contribution in [2.45, 2.75) is 25.8 Å². The van der Waals surface area contributed by atoms with E-state index in [1.54, 1.807) is 0 Å². The zero-order valence-corrected chi connectivity index (χ0v) is 14.9.